The van der Waals surface area contributed by atoms with E-state index in [-0.39, 0.29) is 0 Å². The number of methoxy groups -OCH3 is 1. The fourth-order valence-corrected chi connectivity index (χ4v) is 1.36. The molecule has 16 heavy (non-hydrogen) atoms. The summed E-state index contributed by atoms with van der Waals surface area (Å²) in [5.41, 5.74) is -1.11. The fourth-order valence-electron chi connectivity index (χ4n) is 1.36. The molecule has 0 aromatic heterocycles. The number of rotatable bonds is 10. The van der Waals surface area contributed by atoms with Crippen LogP contribution < -0.4 is 0 Å². The van der Waals surface area contributed by atoms with E-state index < -0.39 is 11.6 Å². The average molecular weight is 232 g/mol. The molecule has 0 aliphatic rings. The van der Waals surface area contributed by atoms with E-state index in [2.05, 4.69) is 6.92 Å². The van der Waals surface area contributed by atoms with E-state index in [0.29, 0.717) is 19.6 Å². The molecule has 0 amide bonds. The smallest absolute Gasteiger partial charge is 0.335 e. The minimum atomic E-state index is -1.11. The van der Waals surface area contributed by atoms with E-state index in [0.717, 1.165) is 12.8 Å². The number of ether oxygens (including phenoxy) is 2. The molecule has 0 aromatic rings. The molecule has 0 heterocycles. The zero-order valence-corrected chi connectivity index (χ0v) is 10.6. The zero-order chi connectivity index (χ0) is 12.4. The quantitative estimate of drug-likeness (QED) is 0.588. The second kappa shape index (κ2) is 8.53. The molecule has 4 nitrogen and oxygen atoms in total. The van der Waals surface area contributed by atoms with Gasteiger partial charge in [-0.1, -0.05) is 26.2 Å². The van der Waals surface area contributed by atoms with Gasteiger partial charge in [-0.15, -0.1) is 0 Å². The third-order valence-corrected chi connectivity index (χ3v) is 2.65. The Labute approximate surface area is 97.9 Å². The maximum absolute atomic E-state index is 11.1. The van der Waals surface area contributed by atoms with Crippen molar-refractivity contribution in [2.24, 2.45) is 0 Å². The summed E-state index contributed by atoms with van der Waals surface area (Å²) in [6.07, 6.45) is 4.73. The Morgan fingerprint density at radius 3 is 2.44 bits per heavy atom. The highest BCUT2D eigenvalue weighted by Gasteiger charge is 2.33. The number of aliphatic carboxylic acids is 1. The molecule has 1 N–H and O–H groups in total. The van der Waals surface area contributed by atoms with E-state index in [9.17, 15) is 4.79 Å². The number of carbonyl (C=O) groups is 1. The van der Waals surface area contributed by atoms with Crippen LogP contribution in [0.15, 0.2) is 0 Å². The third kappa shape index (κ3) is 6.08. The molecule has 0 saturated heterocycles. The standard InChI is InChI=1S/C12H24O4/c1-4-5-6-7-9-16-12(2,11(13)14)8-10-15-3/h4-10H2,1-3H3,(H,13,14). The summed E-state index contributed by atoms with van der Waals surface area (Å²) in [4.78, 5) is 11.1. The molecule has 1 atom stereocenters. The van der Waals surface area contributed by atoms with E-state index in [1.807, 2.05) is 0 Å². The maximum Gasteiger partial charge on any atom is 0.335 e. The predicted molar refractivity (Wildman–Crippen MR) is 62.6 cm³/mol. The van der Waals surface area contributed by atoms with Crippen LogP contribution in [0.3, 0.4) is 0 Å². The Bertz CT molecular complexity index is 193. The monoisotopic (exact) mass is 232 g/mol. The summed E-state index contributed by atoms with van der Waals surface area (Å²) in [6, 6.07) is 0. The number of carboxylic acid groups (broad SMARTS) is 1. The molecular weight excluding hydrogens is 208 g/mol. The van der Waals surface area contributed by atoms with Crippen LogP contribution in [0.5, 0.6) is 0 Å². The first-order valence-corrected chi connectivity index (χ1v) is 5.93. The maximum atomic E-state index is 11.1. The van der Waals surface area contributed by atoms with Gasteiger partial charge in [-0.05, 0) is 13.3 Å². The van der Waals surface area contributed by atoms with Gasteiger partial charge in [0.1, 0.15) is 0 Å². The first-order valence-electron chi connectivity index (χ1n) is 5.93. The van der Waals surface area contributed by atoms with E-state index in [1.54, 1.807) is 14.0 Å². The van der Waals surface area contributed by atoms with Crippen LogP contribution >= 0.6 is 0 Å². The number of unbranched alkanes of at least 4 members (excludes halogenated alkanes) is 3. The summed E-state index contributed by atoms with van der Waals surface area (Å²) in [5, 5.41) is 9.08. The predicted octanol–water partition coefficient (Wildman–Crippen LogP) is 2.46. The van der Waals surface area contributed by atoms with Crippen molar-refractivity contribution >= 4 is 5.97 Å². The summed E-state index contributed by atoms with van der Waals surface area (Å²) >= 11 is 0. The van der Waals surface area contributed by atoms with Crippen LogP contribution in [0.2, 0.25) is 0 Å². The highest BCUT2D eigenvalue weighted by atomic mass is 16.5. The van der Waals surface area contributed by atoms with E-state index >= 15 is 0 Å². The molecule has 0 saturated carbocycles. The molecule has 0 aliphatic carbocycles. The number of carboxylic acids is 1. The lowest BCUT2D eigenvalue weighted by Gasteiger charge is -2.25. The summed E-state index contributed by atoms with van der Waals surface area (Å²) < 4.78 is 10.3. The van der Waals surface area contributed by atoms with Crippen molar-refractivity contribution in [3.63, 3.8) is 0 Å². The van der Waals surface area contributed by atoms with Crippen LogP contribution in [0.1, 0.15) is 46.0 Å². The lowest BCUT2D eigenvalue weighted by molar-refractivity contribution is -0.166. The van der Waals surface area contributed by atoms with Crippen molar-refractivity contribution in [1.82, 2.24) is 0 Å². The summed E-state index contributed by atoms with van der Waals surface area (Å²) in [7, 11) is 1.56. The Morgan fingerprint density at radius 1 is 1.25 bits per heavy atom. The highest BCUT2D eigenvalue weighted by molar-refractivity contribution is 5.76. The van der Waals surface area contributed by atoms with Crippen LogP contribution in [0.4, 0.5) is 0 Å². The molecule has 0 aromatic carbocycles. The fraction of sp³-hybridized carbons (Fsp3) is 0.917. The van der Waals surface area contributed by atoms with Crippen LogP contribution in [-0.4, -0.2) is 37.0 Å². The molecule has 0 radical (unpaired) electrons. The van der Waals surface area contributed by atoms with Gasteiger partial charge in [-0.3, -0.25) is 0 Å². The van der Waals surface area contributed by atoms with Gasteiger partial charge in [-0.25, -0.2) is 4.79 Å². The van der Waals surface area contributed by atoms with Gasteiger partial charge < -0.3 is 14.6 Å². The van der Waals surface area contributed by atoms with Crippen LogP contribution in [0, 0.1) is 0 Å². The first-order chi connectivity index (χ1) is 7.56. The Balaban J connectivity index is 3.88. The Kier molecular flexibility index (Phi) is 8.21. The van der Waals surface area contributed by atoms with E-state index in [4.69, 9.17) is 14.6 Å². The first kappa shape index (κ1) is 15.4. The van der Waals surface area contributed by atoms with Gasteiger partial charge in [-0.2, -0.15) is 0 Å². The lowest BCUT2D eigenvalue weighted by Crippen LogP contribution is -2.39. The lowest BCUT2D eigenvalue weighted by atomic mass is 10.0. The second-order valence-electron chi connectivity index (χ2n) is 4.19. The van der Waals surface area contributed by atoms with Gasteiger partial charge in [0.05, 0.1) is 0 Å². The minimum absolute atomic E-state index is 0.382. The minimum Gasteiger partial charge on any atom is -0.479 e. The van der Waals surface area contributed by atoms with Crippen molar-refractivity contribution < 1.29 is 19.4 Å². The van der Waals surface area contributed by atoms with Crippen molar-refractivity contribution in [3.05, 3.63) is 0 Å². The topological polar surface area (TPSA) is 55.8 Å². The Morgan fingerprint density at radius 2 is 1.94 bits per heavy atom. The second-order valence-corrected chi connectivity index (χ2v) is 4.19. The SMILES string of the molecule is CCCCCCOC(C)(CCOC)C(=O)O. The summed E-state index contributed by atoms with van der Waals surface area (Å²) in [6.45, 7) is 4.65. The zero-order valence-electron chi connectivity index (χ0n) is 10.6. The van der Waals surface area contributed by atoms with Crippen molar-refractivity contribution in [3.8, 4) is 0 Å². The van der Waals surface area contributed by atoms with E-state index in [1.165, 1.54) is 12.8 Å². The van der Waals surface area contributed by atoms with Gasteiger partial charge in [0.15, 0.2) is 5.60 Å². The van der Waals surface area contributed by atoms with Gasteiger partial charge in [0, 0.05) is 26.7 Å². The third-order valence-electron chi connectivity index (χ3n) is 2.65. The molecule has 4 heteroatoms. The molecule has 0 bridgehead atoms. The molecule has 1 unspecified atom stereocenters. The molecule has 0 spiro atoms. The van der Waals surface area contributed by atoms with Gasteiger partial charge >= 0.3 is 5.97 Å². The average Bonchev–Trinajstić information content (AvgIpc) is 2.26. The van der Waals surface area contributed by atoms with Gasteiger partial charge in [0.25, 0.3) is 0 Å². The molecule has 96 valence electrons. The number of hydrogen-bond donors (Lipinski definition) is 1. The van der Waals surface area contributed by atoms with Gasteiger partial charge in [0.2, 0.25) is 0 Å². The van der Waals surface area contributed by atoms with Crippen molar-refractivity contribution in [2.75, 3.05) is 20.3 Å². The Hall–Kier alpha value is -0.610. The summed E-state index contributed by atoms with van der Waals surface area (Å²) in [5.74, 6) is -0.917. The molecule has 0 fully saturated rings. The molecular formula is C12H24O4. The van der Waals surface area contributed by atoms with Crippen molar-refractivity contribution in [1.29, 1.82) is 0 Å². The largest absolute Gasteiger partial charge is 0.479 e. The van der Waals surface area contributed by atoms with Crippen molar-refractivity contribution in [2.45, 2.75) is 51.6 Å². The highest BCUT2D eigenvalue weighted by Crippen LogP contribution is 2.17. The van der Waals surface area contributed by atoms with Crippen LogP contribution in [-0.2, 0) is 14.3 Å². The normalized spacial score (nSPS) is 14.7. The molecule has 0 aliphatic heterocycles. The number of hydrogen-bond acceptors (Lipinski definition) is 3. The molecule has 0 rings (SSSR count). The van der Waals surface area contributed by atoms with Crippen LogP contribution in [0.25, 0.3) is 0 Å².